The lowest BCUT2D eigenvalue weighted by Gasteiger charge is -2.20. The van der Waals surface area contributed by atoms with Crippen LogP contribution in [-0.4, -0.2) is 20.5 Å². The van der Waals surface area contributed by atoms with Gasteiger partial charge in [-0.3, -0.25) is 9.55 Å². The summed E-state index contributed by atoms with van der Waals surface area (Å²) in [6, 6.07) is 28.0. The van der Waals surface area contributed by atoms with Crippen molar-refractivity contribution in [3.05, 3.63) is 162 Å². The molecule has 0 aliphatic carbocycles. The zero-order valence-corrected chi connectivity index (χ0v) is 33.0. The van der Waals surface area contributed by atoms with Crippen molar-refractivity contribution in [3.63, 3.8) is 0 Å². The predicted molar refractivity (Wildman–Crippen MR) is 241 cm³/mol. The molecule has 8 aromatic rings. The van der Waals surface area contributed by atoms with E-state index in [1.165, 1.54) is 4.58 Å². The number of benzene rings is 5. The number of hydrogen-bond donors (Lipinski definition) is 0. The summed E-state index contributed by atoms with van der Waals surface area (Å²) in [5.41, 5.74) is 3.50. The highest BCUT2D eigenvalue weighted by molar-refractivity contribution is 6.09. The van der Waals surface area contributed by atoms with Gasteiger partial charge in [0, 0.05) is 71.9 Å². The molecule has 1 aliphatic heterocycles. The Bertz CT molecular complexity index is 3510. The molecule has 0 unspecified atom stereocenters. The zero-order valence-electron chi connectivity index (χ0n) is 46.0. The number of ether oxygens (including phenoxy) is 1. The molecule has 4 heterocycles. The molecule has 0 N–H and O–H groups in total. The highest BCUT2D eigenvalue weighted by Crippen LogP contribution is 2.42. The maximum atomic E-state index is 9.24. The summed E-state index contributed by atoms with van der Waals surface area (Å²) >= 11 is 0. The average molecular weight is 773 g/mol. The van der Waals surface area contributed by atoms with Gasteiger partial charge in [-0.2, -0.15) is 0 Å². The molecule has 0 saturated heterocycles. The van der Waals surface area contributed by atoms with E-state index >= 15 is 0 Å². The lowest BCUT2D eigenvalue weighted by molar-refractivity contribution is 0.483. The maximum Gasteiger partial charge on any atom is 0.503 e. The third kappa shape index (κ3) is 6.60. The zero-order chi connectivity index (χ0) is 51.5. The molecule has 0 spiro atoms. The van der Waals surface area contributed by atoms with Gasteiger partial charge in [-0.1, -0.05) is 83.2 Å². The fourth-order valence-corrected chi connectivity index (χ4v) is 7.87. The molecule has 0 amide bonds. The van der Waals surface area contributed by atoms with Gasteiger partial charge in [-0.25, -0.2) is 4.98 Å². The van der Waals surface area contributed by atoms with Crippen LogP contribution in [0.1, 0.15) is 87.0 Å². The minimum absolute atomic E-state index is 0.133. The minimum Gasteiger partial charge on any atom is -0.457 e. The molecule has 9 rings (SSSR count). The Hall–Kier alpha value is -6.62. The topological polar surface area (TPSA) is 46.0 Å². The van der Waals surface area contributed by atoms with Gasteiger partial charge in [0.05, 0.1) is 28.8 Å². The van der Waals surface area contributed by atoms with E-state index in [0.717, 1.165) is 61.0 Å². The molecule has 286 valence electrons. The number of para-hydroxylation sites is 2. The Kier molecular flexibility index (Phi) is 5.92. The van der Waals surface area contributed by atoms with Crippen LogP contribution in [0.25, 0.3) is 38.8 Å². The fourth-order valence-electron chi connectivity index (χ4n) is 7.87. The molecule has 0 bridgehead atoms. The van der Waals surface area contributed by atoms with Crippen molar-refractivity contribution < 1.29 is 22.6 Å². The van der Waals surface area contributed by atoms with Gasteiger partial charge in [-0.15, -0.1) is 0 Å². The van der Waals surface area contributed by atoms with Crippen LogP contribution >= 0.6 is 0 Å². The second-order valence-corrected chi connectivity index (χ2v) is 15.9. The van der Waals surface area contributed by atoms with E-state index in [-0.39, 0.29) is 5.41 Å². The monoisotopic (exact) mass is 772 g/mol. The number of aromatic nitrogens is 3. The minimum atomic E-state index is -3.82. The van der Waals surface area contributed by atoms with Crippen molar-refractivity contribution in [1.29, 1.82) is 0 Å². The summed E-state index contributed by atoms with van der Waals surface area (Å²) in [7, 11) is 0. The SMILES string of the molecule is [2H]c1c([2H])c(C(C([2H])([2H])[2H])(C([2H])([2H])[2H])C([2H])([2H])[2H])c([2H])c([2H])c1[N+]1=C=[N+](c2cc(Oc3ccc4c5ccncc5n(-c5cc(C(C)(C)C)ccn5)c4c3)cc(-c3c(C)cc(C)cc3C)c2)c2ccccc21. The van der Waals surface area contributed by atoms with Crippen LogP contribution in [0.4, 0.5) is 22.7 Å². The fraction of sp³-hybridized carbons (Fsp3) is 0.212. The standard InChI is InChI=1S/C52H49N5O/c1-33-24-34(2)50(35(3)25-33)36-26-40(56-32-55(45-12-10-11-13-46(45)56)39-16-14-37(15-17-39)51(4,5)6)29-42(27-36)58-41-18-19-43-44-21-22-53-31-48(44)57(47(43)30-41)49-28-38(20-23-54-49)52(7,8)9/h10-31H,1-9H3/q+2/i4D3,5D3,6D3,14D,15D,16D,17D. The largest absolute Gasteiger partial charge is 0.503 e. The highest BCUT2D eigenvalue weighted by atomic mass is 16.5. The van der Waals surface area contributed by atoms with E-state index in [1.807, 2.05) is 81.7 Å². The Morgan fingerprint density at radius 3 is 2.09 bits per heavy atom. The summed E-state index contributed by atoms with van der Waals surface area (Å²) < 4.78 is 123. The summed E-state index contributed by atoms with van der Waals surface area (Å²) in [6.45, 7) is 1.10. The molecule has 0 fully saturated rings. The molecule has 0 saturated carbocycles. The Morgan fingerprint density at radius 1 is 0.672 bits per heavy atom. The van der Waals surface area contributed by atoms with E-state index in [1.54, 1.807) is 35.0 Å². The molecule has 0 radical (unpaired) electrons. The smallest absolute Gasteiger partial charge is 0.457 e. The molecule has 6 nitrogen and oxygen atoms in total. The maximum absolute atomic E-state index is 9.24. The highest BCUT2D eigenvalue weighted by Gasteiger charge is 2.37. The van der Waals surface area contributed by atoms with Gasteiger partial charge in [0.25, 0.3) is 11.4 Å². The number of aryl methyl sites for hydroxylation is 3. The molecular weight excluding hydrogens is 711 g/mol. The lowest BCUT2D eigenvalue weighted by atomic mass is 9.87. The van der Waals surface area contributed by atoms with E-state index in [4.69, 9.17) is 24.8 Å². The predicted octanol–water partition coefficient (Wildman–Crippen LogP) is 13.4. The van der Waals surface area contributed by atoms with Crippen molar-refractivity contribution >= 4 is 50.6 Å². The first-order valence-corrected chi connectivity index (χ1v) is 19.0. The normalized spacial score (nSPS) is 16.8. The van der Waals surface area contributed by atoms with Gasteiger partial charge >= 0.3 is 6.01 Å². The summed E-state index contributed by atoms with van der Waals surface area (Å²) in [5.74, 6) is 1.68. The number of fused-ring (bicyclic) bond motifs is 4. The molecular formula is C52H49N5O+2. The Balaban J connectivity index is 1.27. The van der Waals surface area contributed by atoms with E-state index in [0.29, 0.717) is 28.6 Å². The van der Waals surface area contributed by atoms with Crippen LogP contribution in [-0.2, 0) is 10.8 Å². The third-order valence-corrected chi connectivity index (χ3v) is 10.5. The molecule has 0 atom stereocenters. The molecule has 3 aromatic heterocycles. The van der Waals surface area contributed by atoms with Crippen molar-refractivity contribution in [2.75, 3.05) is 0 Å². The summed E-state index contributed by atoms with van der Waals surface area (Å²) in [4.78, 5) is 9.27. The Labute approximate surface area is 359 Å². The van der Waals surface area contributed by atoms with Gasteiger partial charge in [0.2, 0.25) is 11.4 Å². The number of pyridine rings is 2. The van der Waals surface area contributed by atoms with Crippen LogP contribution in [0.5, 0.6) is 11.5 Å². The summed E-state index contributed by atoms with van der Waals surface area (Å²) in [6.07, 6.45) is 5.40. The average Bonchev–Trinajstić information content (AvgIpc) is 3.81. The van der Waals surface area contributed by atoms with E-state index in [2.05, 4.69) is 54.5 Å². The summed E-state index contributed by atoms with van der Waals surface area (Å²) in [5, 5.41) is 1.96. The van der Waals surface area contributed by atoms with Crippen molar-refractivity contribution in [2.24, 2.45) is 0 Å². The quantitative estimate of drug-likeness (QED) is 0.158. The first kappa shape index (κ1) is 24.9. The van der Waals surface area contributed by atoms with Crippen LogP contribution in [0.2, 0.25) is 0 Å². The van der Waals surface area contributed by atoms with E-state index in [9.17, 15) is 2.74 Å². The number of hydrogen-bond acceptors (Lipinski definition) is 3. The molecule has 58 heavy (non-hydrogen) atoms. The number of rotatable bonds is 6. The van der Waals surface area contributed by atoms with Gasteiger partial charge < -0.3 is 4.74 Å². The second kappa shape index (κ2) is 13.8. The van der Waals surface area contributed by atoms with Gasteiger partial charge in [-0.05, 0) is 111 Å². The van der Waals surface area contributed by atoms with Gasteiger partial charge in [0.1, 0.15) is 17.3 Å². The van der Waals surface area contributed by atoms with Crippen molar-refractivity contribution in [3.8, 4) is 28.4 Å². The van der Waals surface area contributed by atoms with Crippen LogP contribution in [0.15, 0.2) is 134 Å². The van der Waals surface area contributed by atoms with E-state index < -0.39 is 61.4 Å². The lowest BCUT2D eigenvalue weighted by Crippen LogP contribution is -2.12. The van der Waals surface area contributed by atoms with Crippen molar-refractivity contribution in [2.45, 2.75) is 72.9 Å². The number of nitrogens with zero attached hydrogens (tertiary/aromatic N) is 5. The first-order chi connectivity index (χ1) is 33.1. The molecule has 6 heteroatoms. The second-order valence-electron chi connectivity index (χ2n) is 15.9. The molecule has 5 aromatic carbocycles. The molecule has 1 aliphatic rings. The first-order valence-electron chi connectivity index (χ1n) is 25.5. The third-order valence-electron chi connectivity index (χ3n) is 10.5. The van der Waals surface area contributed by atoms with Gasteiger partial charge in [0.15, 0.2) is 0 Å². The van der Waals surface area contributed by atoms with Crippen LogP contribution < -0.4 is 13.9 Å². The van der Waals surface area contributed by atoms with Crippen LogP contribution in [0.3, 0.4) is 0 Å². The Morgan fingerprint density at radius 2 is 1.38 bits per heavy atom. The van der Waals surface area contributed by atoms with Crippen molar-refractivity contribution in [1.82, 2.24) is 23.7 Å². The van der Waals surface area contributed by atoms with Crippen LogP contribution in [0, 0.1) is 20.8 Å².